The number of carbonyl (C=O) groups is 3. The van der Waals surface area contributed by atoms with Gasteiger partial charge in [0, 0.05) is 31.4 Å². The topological polar surface area (TPSA) is 78.9 Å². The highest BCUT2D eigenvalue weighted by atomic mass is 16.6. The fraction of sp³-hybridized carbons (Fsp3) is 0.519. The first kappa shape index (κ1) is 26.4. The predicted octanol–water partition coefficient (Wildman–Crippen LogP) is 5.45. The summed E-state index contributed by atoms with van der Waals surface area (Å²) in [5, 5.41) is 0. The fourth-order valence-electron chi connectivity index (χ4n) is 3.79. The average Bonchev–Trinajstić information content (AvgIpc) is 3.28. The van der Waals surface area contributed by atoms with E-state index in [0.717, 1.165) is 42.4 Å². The molecule has 180 valence electrons. The molecule has 0 aromatic rings. The number of allylic oxidation sites excluding steroid dienone is 4. The van der Waals surface area contributed by atoms with Crippen molar-refractivity contribution in [2.24, 2.45) is 0 Å². The molecule has 0 aromatic heterocycles. The van der Waals surface area contributed by atoms with Gasteiger partial charge in [-0.05, 0) is 70.6 Å². The van der Waals surface area contributed by atoms with Crippen molar-refractivity contribution in [2.75, 3.05) is 6.61 Å². The van der Waals surface area contributed by atoms with Gasteiger partial charge in [-0.1, -0.05) is 29.4 Å². The summed E-state index contributed by atoms with van der Waals surface area (Å²) in [7, 11) is 0. The second kappa shape index (κ2) is 13.0. The monoisotopic (exact) mass is 456 g/mol. The molecule has 0 saturated carbocycles. The fourth-order valence-corrected chi connectivity index (χ4v) is 3.79. The number of cyclic esters (lactones) is 2. The van der Waals surface area contributed by atoms with Crippen LogP contribution in [0.4, 0.5) is 0 Å². The van der Waals surface area contributed by atoms with Gasteiger partial charge in [-0.3, -0.25) is 4.79 Å². The molecule has 33 heavy (non-hydrogen) atoms. The van der Waals surface area contributed by atoms with E-state index >= 15 is 0 Å². The Balaban J connectivity index is 1.88. The van der Waals surface area contributed by atoms with E-state index < -0.39 is 6.10 Å². The van der Waals surface area contributed by atoms with E-state index in [1.807, 2.05) is 32.9 Å². The zero-order chi connectivity index (χ0) is 24.4. The summed E-state index contributed by atoms with van der Waals surface area (Å²) in [4.78, 5) is 34.8. The zero-order valence-corrected chi connectivity index (χ0v) is 20.4. The maximum absolute atomic E-state index is 12.1. The van der Waals surface area contributed by atoms with Gasteiger partial charge in [0.05, 0.1) is 0 Å². The number of ether oxygens (including phenoxy) is 3. The molecular formula is C27H36O6. The summed E-state index contributed by atoms with van der Waals surface area (Å²) in [6.45, 7) is 9.80. The Morgan fingerprint density at radius 3 is 2.55 bits per heavy atom. The lowest BCUT2D eigenvalue weighted by Crippen LogP contribution is -2.17. The normalized spacial score (nSPS) is 20.9. The summed E-state index contributed by atoms with van der Waals surface area (Å²) in [6, 6.07) is 0. The van der Waals surface area contributed by atoms with Crippen LogP contribution in [0.3, 0.4) is 0 Å². The van der Waals surface area contributed by atoms with Crippen molar-refractivity contribution in [3.05, 3.63) is 58.2 Å². The Labute approximate surface area is 197 Å². The number of esters is 3. The highest BCUT2D eigenvalue weighted by Gasteiger charge is 2.27. The van der Waals surface area contributed by atoms with Gasteiger partial charge < -0.3 is 14.2 Å². The van der Waals surface area contributed by atoms with Gasteiger partial charge in [-0.15, -0.1) is 0 Å². The molecule has 6 heteroatoms. The lowest BCUT2D eigenvalue weighted by atomic mass is 10.0. The van der Waals surface area contributed by atoms with E-state index in [9.17, 15) is 14.4 Å². The molecule has 2 atom stereocenters. The molecule has 0 radical (unpaired) electrons. The molecule has 2 heterocycles. The van der Waals surface area contributed by atoms with E-state index in [0.29, 0.717) is 25.0 Å². The third-order valence-electron chi connectivity index (χ3n) is 5.54. The van der Waals surface area contributed by atoms with Gasteiger partial charge in [0.2, 0.25) is 0 Å². The highest BCUT2D eigenvalue weighted by molar-refractivity contribution is 5.91. The minimum atomic E-state index is -0.401. The molecule has 0 N–H and O–H groups in total. The average molecular weight is 457 g/mol. The van der Waals surface area contributed by atoms with E-state index in [-0.39, 0.29) is 24.0 Å². The van der Waals surface area contributed by atoms with Crippen LogP contribution < -0.4 is 0 Å². The van der Waals surface area contributed by atoms with Crippen molar-refractivity contribution in [1.29, 1.82) is 0 Å². The first-order valence-corrected chi connectivity index (χ1v) is 11.5. The standard InChI is InChI=1S/C27H36O6/c1-18(2)14-24-16-23(27(30)33-24)12-13-25(32-21(5)28)20(4)10-6-8-19(3)9-7-11-22-15-26(29)31-17-22/h9-10,12,14-15,24-25H,6-8,11,13,16-17H2,1-5H3/b19-9+,20-10+,23-12-. The minimum Gasteiger partial charge on any atom is -0.458 e. The van der Waals surface area contributed by atoms with Gasteiger partial charge in [0.1, 0.15) is 18.8 Å². The highest BCUT2D eigenvalue weighted by Crippen LogP contribution is 2.24. The lowest BCUT2D eigenvalue weighted by molar-refractivity contribution is -0.144. The molecule has 0 amide bonds. The summed E-state index contributed by atoms with van der Waals surface area (Å²) in [5.74, 6) is -0.894. The molecule has 0 spiro atoms. The molecule has 2 rings (SSSR count). The van der Waals surface area contributed by atoms with Crippen LogP contribution in [0.25, 0.3) is 0 Å². The van der Waals surface area contributed by atoms with E-state index in [4.69, 9.17) is 14.2 Å². The van der Waals surface area contributed by atoms with Crippen LogP contribution in [0.1, 0.15) is 73.1 Å². The van der Waals surface area contributed by atoms with Gasteiger partial charge >= 0.3 is 17.9 Å². The Morgan fingerprint density at radius 2 is 1.91 bits per heavy atom. The molecule has 6 nitrogen and oxygen atoms in total. The Bertz CT molecular complexity index is 896. The third-order valence-corrected chi connectivity index (χ3v) is 5.54. The molecule has 0 bridgehead atoms. The van der Waals surface area contributed by atoms with Crippen molar-refractivity contribution in [3.8, 4) is 0 Å². The maximum Gasteiger partial charge on any atom is 0.334 e. The van der Waals surface area contributed by atoms with Gasteiger partial charge in [0.15, 0.2) is 0 Å². The number of carbonyl (C=O) groups excluding carboxylic acids is 3. The van der Waals surface area contributed by atoms with Crippen LogP contribution in [0.5, 0.6) is 0 Å². The molecule has 0 aliphatic carbocycles. The van der Waals surface area contributed by atoms with Crippen LogP contribution in [-0.2, 0) is 28.6 Å². The molecule has 2 unspecified atom stereocenters. The molecule has 1 fully saturated rings. The van der Waals surface area contributed by atoms with Crippen molar-refractivity contribution in [2.45, 2.75) is 85.4 Å². The SMILES string of the molecule is CC(=O)OC(C/C=C1/CC(C=C(C)C)OC1=O)/C(C)=C/CC/C(C)=C/CCC1=CC(=O)OC1. The molecule has 0 aromatic carbocycles. The Kier molecular flexibility index (Phi) is 10.4. The van der Waals surface area contributed by atoms with Crippen LogP contribution in [0.15, 0.2) is 58.2 Å². The summed E-state index contributed by atoms with van der Waals surface area (Å²) >= 11 is 0. The first-order valence-electron chi connectivity index (χ1n) is 11.5. The van der Waals surface area contributed by atoms with Crippen LogP contribution in [-0.4, -0.2) is 36.7 Å². The van der Waals surface area contributed by atoms with Crippen LogP contribution in [0.2, 0.25) is 0 Å². The van der Waals surface area contributed by atoms with Crippen molar-refractivity contribution < 1.29 is 28.6 Å². The zero-order valence-electron chi connectivity index (χ0n) is 20.4. The van der Waals surface area contributed by atoms with Crippen LogP contribution >= 0.6 is 0 Å². The smallest absolute Gasteiger partial charge is 0.334 e. The van der Waals surface area contributed by atoms with Gasteiger partial charge in [-0.25, -0.2) is 9.59 Å². The van der Waals surface area contributed by atoms with Gasteiger partial charge in [-0.2, -0.15) is 0 Å². The minimum absolute atomic E-state index is 0.217. The van der Waals surface area contributed by atoms with Gasteiger partial charge in [0.25, 0.3) is 0 Å². The van der Waals surface area contributed by atoms with Crippen LogP contribution in [0, 0.1) is 0 Å². The summed E-state index contributed by atoms with van der Waals surface area (Å²) < 4.78 is 15.8. The second-order valence-corrected chi connectivity index (χ2v) is 8.94. The second-order valence-electron chi connectivity index (χ2n) is 8.94. The summed E-state index contributed by atoms with van der Waals surface area (Å²) in [6.07, 6.45) is 13.4. The number of hydrogen-bond donors (Lipinski definition) is 0. The number of rotatable bonds is 11. The maximum atomic E-state index is 12.1. The number of hydrogen-bond acceptors (Lipinski definition) is 6. The van der Waals surface area contributed by atoms with E-state index in [2.05, 4.69) is 19.1 Å². The largest absolute Gasteiger partial charge is 0.458 e. The lowest BCUT2D eigenvalue weighted by Gasteiger charge is -2.16. The van der Waals surface area contributed by atoms with Crippen molar-refractivity contribution >= 4 is 17.9 Å². The van der Waals surface area contributed by atoms with Crippen molar-refractivity contribution in [1.82, 2.24) is 0 Å². The third kappa shape index (κ3) is 9.64. The van der Waals surface area contributed by atoms with E-state index in [1.54, 1.807) is 6.08 Å². The molecule has 2 aliphatic rings. The predicted molar refractivity (Wildman–Crippen MR) is 127 cm³/mol. The van der Waals surface area contributed by atoms with E-state index in [1.165, 1.54) is 12.5 Å². The Hall–Kier alpha value is -2.89. The van der Waals surface area contributed by atoms with Crippen molar-refractivity contribution in [3.63, 3.8) is 0 Å². The first-order chi connectivity index (χ1) is 15.6. The molecule has 2 aliphatic heterocycles. The quantitative estimate of drug-likeness (QED) is 0.178. The Morgan fingerprint density at radius 1 is 1.15 bits per heavy atom. The summed E-state index contributed by atoms with van der Waals surface area (Å²) in [5.41, 5.74) is 5.01. The molecular weight excluding hydrogens is 420 g/mol. The molecule has 1 saturated heterocycles.